The topological polar surface area (TPSA) is 81.4 Å². The summed E-state index contributed by atoms with van der Waals surface area (Å²) in [5, 5.41) is 2.50. The maximum atomic E-state index is 11.2. The summed E-state index contributed by atoms with van der Waals surface area (Å²) in [6.45, 7) is 4.20. The first-order valence-corrected chi connectivity index (χ1v) is 5.59. The highest BCUT2D eigenvalue weighted by Gasteiger charge is 2.25. The van der Waals surface area contributed by atoms with Crippen LogP contribution in [0.25, 0.3) is 0 Å². The third-order valence-corrected chi connectivity index (χ3v) is 2.75. The van der Waals surface area contributed by atoms with E-state index < -0.39 is 11.8 Å². The van der Waals surface area contributed by atoms with Crippen LogP contribution in [0.5, 0.6) is 5.75 Å². The fraction of sp³-hybridized carbons (Fsp3) is 0.385. The van der Waals surface area contributed by atoms with Gasteiger partial charge in [0.25, 0.3) is 0 Å². The van der Waals surface area contributed by atoms with Gasteiger partial charge in [-0.3, -0.25) is 9.59 Å². The minimum atomic E-state index is -0.981. The number of para-hydroxylation sites is 1. The molecule has 0 saturated heterocycles. The Labute approximate surface area is 106 Å². The molecule has 0 aliphatic heterocycles. The number of rotatable bonds is 4. The van der Waals surface area contributed by atoms with Crippen molar-refractivity contribution < 1.29 is 14.3 Å². The quantitative estimate of drug-likeness (QED) is 0.767. The van der Waals surface area contributed by atoms with E-state index in [1.54, 1.807) is 7.11 Å². The molecule has 0 fully saturated rings. The summed E-state index contributed by atoms with van der Waals surface area (Å²) in [4.78, 5) is 21.8. The predicted molar refractivity (Wildman–Crippen MR) is 68.2 cm³/mol. The van der Waals surface area contributed by atoms with Crippen LogP contribution < -0.4 is 15.8 Å². The van der Waals surface area contributed by atoms with Crippen LogP contribution >= 0.6 is 0 Å². The molecule has 5 nitrogen and oxygen atoms in total. The Bertz CT molecular complexity index is 455. The highest BCUT2D eigenvalue weighted by molar-refractivity contribution is 6.34. The molecule has 18 heavy (non-hydrogen) atoms. The molecule has 98 valence electrons. The summed E-state index contributed by atoms with van der Waals surface area (Å²) in [6.07, 6.45) is 0. The van der Waals surface area contributed by atoms with Gasteiger partial charge in [-0.1, -0.05) is 32.0 Å². The molecule has 1 aromatic rings. The van der Waals surface area contributed by atoms with Gasteiger partial charge in [0.2, 0.25) is 0 Å². The van der Waals surface area contributed by atoms with Crippen LogP contribution in [0.4, 0.5) is 0 Å². The molecule has 0 aliphatic rings. The standard InChI is InChI=1S/C13H18N2O3/c1-13(2,8-15-12(17)11(14)16)9-6-4-5-7-10(9)18-3/h4-7H,8H2,1-3H3,(H2,14,16)(H,15,17). The van der Waals surface area contributed by atoms with E-state index in [1.165, 1.54) is 0 Å². The molecule has 0 spiro atoms. The van der Waals surface area contributed by atoms with E-state index in [4.69, 9.17) is 10.5 Å². The van der Waals surface area contributed by atoms with E-state index in [-0.39, 0.29) is 5.41 Å². The lowest BCUT2D eigenvalue weighted by molar-refractivity contribution is -0.137. The first kappa shape index (κ1) is 14.0. The number of nitrogens with one attached hydrogen (secondary N) is 1. The Morgan fingerprint density at radius 2 is 1.94 bits per heavy atom. The lowest BCUT2D eigenvalue weighted by atomic mass is 9.84. The maximum Gasteiger partial charge on any atom is 0.309 e. The van der Waals surface area contributed by atoms with Gasteiger partial charge in [-0.05, 0) is 6.07 Å². The summed E-state index contributed by atoms with van der Waals surface area (Å²) in [5.41, 5.74) is 5.48. The monoisotopic (exact) mass is 250 g/mol. The molecule has 1 rings (SSSR count). The first-order chi connectivity index (χ1) is 8.38. The molecule has 0 atom stereocenters. The molecule has 0 radical (unpaired) electrons. The van der Waals surface area contributed by atoms with Gasteiger partial charge in [-0.15, -0.1) is 0 Å². The highest BCUT2D eigenvalue weighted by atomic mass is 16.5. The maximum absolute atomic E-state index is 11.2. The number of hydrogen-bond donors (Lipinski definition) is 2. The number of ether oxygens (including phenoxy) is 1. The second-order valence-corrected chi connectivity index (χ2v) is 4.63. The van der Waals surface area contributed by atoms with Crippen molar-refractivity contribution in [2.24, 2.45) is 5.73 Å². The highest BCUT2D eigenvalue weighted by Crippen LogP contribution is 2.30. The fourth-order valence-corrected chi connectivity index (χ4v) is 1.69. The fourth-order valence-electron chi connectivity index (χ4n) is 1.69. The Morgan fingerprint density at radius 1 is 1.33 bits per heavy atom. The molecule has 5 heteroatoms. The molecule has 0 saturated carbocycles. The molecule has 0 aromatic heterocycles. The molecule has 0 unspecified atom stereocenters. The SMILES string of the molecule is COc1ccccc1C(C)(C)CNC(=O)C(N)=O. The lowest BCUT2D eigenvalue weighted by Crippen LogP contribution is -2.42. The molecule has 3 N–H and O–H groups in total. The van der Waals surface area contributed by atoms with Crippen molar-refractivity contribution in [3.8, 4) is 5.75 Å². The predicted octanol–water partition coefficient (Wildman–Crippen LogP) is 0.574. The summed E-state index contributed by atoms with van der Waals surface area (Å²) in [6, 6.07) is 7.55. The van der Waals surface area contributed by atoms with Crippen LogP contribution in [0, 0.1) is 0 Å². The smallest absolute Gasteiger partial charge is 0.309 e. The largest absolute Gasteiger partial charge is 0.496 e. The van der Waals surface area contributed by atoms with E-state index in [2.05, 4.69) is 5.32 Å². The van der Waals surface area contributed by atoms with Gasteiger partial charge < -0.3 is 15.8 Å². The van der Waals surface area contributed by atoms with Crippen molar-refractivity contribution in [1.82, 2.24) is 5.32 Å². The van der Waals surface area contributed by atoms with Crippen molar-refractivity contribution in [1.29, 1.82) is 0 Å². The average molecular weight is 250 g/mol. The summed E-state index contributed by atoms with van der Waals surface area (Å²) < 4.78 is 5.28. The number of amides is 2. The van der Waals surface area contributed by atoms with Crippen LogP contribution in [0.1, 0.15) is 19.4 Å². The Balaban J connectivity index is 2.85. The van der Waals surface area contributed by atoms with Crippen LogP contribution in [-0.4, -0.2) is 25.5 Å². The molecule has 0 heterocycles. The van der Waals surface area contributed by atoms with E-state index >= 15 is 0 Å². The van der Waals surface area contributed by atoms with E-state index in [0.717, 1.165) is 11.3 Å². The van der Waals surface area contributed by atoms with Crippen LogP contribution in [0.2, 0.25) is 0 Å². The molecular weight excluding hydrogens is 232 g/mol. The number of nitrogens with two attached hydrogens (primary N) is 1. The molecule has 0 bridgehead atoms. The zero-order valence-electron chi connectivity index (χ0n) is 10.8. The van der Waals surface area contributed by atoms with Crippen molar-refractivity contribution >= 4 is 11.8 Å². The molecule has 0 aliphatic carbocycles. The molecule has 2 amide bonds. The van der Waals surface area contributed by atoms with Crippen LogP contribution in [0.3, 0.4) is 0 Å². The van der Waals surface area contributed by atoms with Gasteiger partial charge in [0.1, 0.15) is 5.75 Å². The van der Waals surface area contributed by atoms with Crippen molar-refractivity contribution in [2.75, 3.05) is 13.7 Å². The van der Waals surface area contributed by atoms with E-state index in [9.17, 15) is 9.59 Å². The second kappa shape index (κ2) is 5.53. The van der Waals surface area contributed by atoms with Gasteiger partial charge >= 0.3 is 11.8 Å². The number of hydrogen-bond acceptors (Lipinski definition) is 3. The van der Waals surface area contributed by atoms with Gasteiger partial charge in [-0.25, -0.2) is 0 Å². The third kappa shape index (κ3) is 3.23. The Kier molecular flexibility index (Phi) is 4.31. The van der Waals surface area contributed by atoms with Gasteiger partial charge in [0.15, 0.2) is 0 Å². The summed E-state index contributed by atoms with van der Waals surface area (Å²) >= 11 is 0. The summed E-state index contributed by atoms with van der Waals surface area (Å²) in [5.74, 6) is -1.01. The van der Waals surface area contributed by atoms with Crippen LogP contribution in [0.15, 0.2) is 24.3 Å². The second-order valence-electron chi connectivity index (χ2n) is 4.63. The normalized spacial score (nSPS) is 10.8. The first-order valence-electron chi connectivity index (χ1n) is 5.59. The number of carbonyl (C=O) groups excluding carboxylic acids is 2. The molecular formula is C13H18N2O3. The zero-order valence-corrected chi connectivity index (χ0v) is 10.8. The molecule has 1 aromatic carbocycles. The number of primary amides is 1. The Morgan fingerprint density at radius 3 is 2.50 bits per heavy atom. The Hall–Kier alpha value is -2.04. The van der Waals surface area contributed by atoms with Crippen molar-refractivity contribution in [3.63, 3.8) is 0 Å². The summed E-state index contributed by atoms with van der Waals surface area (Å²) in [7, 11) is 1.59. The van der Waals surface area contributed by atoms with Crippen molar-refractivity contribution in [2.45, 2.75) is 19.3 Å². The minimum absolute atomic E-state index is 0.301. The van der Waals surface area contributed by atoms with Gasteiger partial charge in [0, 0.05) is 17.5 Å². The number of carbonyl (C=O) groups is 2. The lowest BCUT2D eigenvalue weighted by Gasteiger charge is -2.27. The van der Waals surface area contributed by atoms with Crippen molar-refractivity contribution in [3.05, 3.63) is 29.8 Å². The van der Waals surface area contributed by atoms with E-state index in [0.29, 0.717) is 6.54 Å². The minimum Gasteiger partial charge on any atom is -0.496 e. The third-order valence-electron chi connectivity index (χ3n) is 2.75. The van der Waals surface area contributed by atoms with E-state index in [1.807, 2.05) is 38.1 Å². The number of benzene rings is 1. The van der Waals surface area contributed by atoms with Gasteiger partial charge in [0.05, 0.1) is 7.11 Å². The zero-order chi connectivity index (χ0) is 13.8. The van der Waals surface area contributed by atoms with Crippen LogP contribution in [-0.2, 0) is 15.0 Å². The average Bonchev–Trinajstić information content (AvgIpc) is 2.35. The van der Waals surface area contributed by atoms with Gasteiger partial charge in [-0.2, -0.15) is 0 Å². The number of methoxy groups -OCH3 is 1.